The van der Waals surface area contributed by atoms with Crippen LogP contribution in [0.2, 0.25) is 0 Å². The van der Waals surface area contributed by atoms with Crippen molar-refractivity contribution in [3.8, 4) is 0 Å². The van der Waals surface area contributed by atoms with Crippen LogP contribution in [0.3, 0.4) is 0 Å². The first-order valence-corrected chi connectivity index (χ1v) is 8.32. The number of nitrogens with two attached hydrogens (primary N) is 1. The van der Waals surface area contributed by atoms with Crippen LogP contribution in [0.1, 0.15) is 70.6 Å². The molecule has 0 aromatic heterocycles. The fourth-order valence-electron chi connectivity index (χ4n) is 4.46. The van der Waals surface area contributed by atoms with Gasteiger partial charge in [0.2, 0.25) is 0 Å². The number of hydrogen-bond acceptors (Lipinski definition) is 2. The number of alkyl halides is 3. The van der Waals surface area contributed by atoms with Crippen molar-refractivity contribution in [2.75, 3.05) is 6.54 Å². The van der Waals surface area contributed by atoms with Crippen molar-refractivity contribution in [1.29, 1.82) is 0 Å². The average molecular weight is 307 g/mol. The number of hydrogen-bond donors (Lipinski definition) is 2. The van der Waals surface area contributed by atoms with Gasteiger partial charge in [0.25, 0.3) is 0 Å². The minimum Gasteiger partial charge on any atom is -0.389 e. The van der Waals surface area contributed by atoms with E-state index in [1.807, 2.05) is 0 Å². The largest absolute Gasteiger partial charge is 0.391 e. The first kappa shape index (κ1) is 17.1. The highest BCUT2D eigenvalue weighted by atomic mass is 19.4. The Balaban J connectivity index is 2.21. The van der Waals surface area contributed by atoms with Crippen LogP contribution in [-0.2, 0) is 0 Å². The third kappa shape index (κ3) is 3.55. The molecule has 21 heavy (non-hydrogen) atoms. The highest BCUT2D eigenvalue weighted by Gasteiger charge is 2.55. The Morgan fingerprint density at radius 3 is 2.05 bits per heavy atom. The van der Waals surface area contributed by atoms with Crippen molar-refractivity contribution in [1.82, 2.24) is 0 Å². The lowest BCUT2D eigenvalue weighted by molar-refractivity contribution is -0.219. The van der Waals surface area contributed by atoms with Crippen molar-refractivity contribution >= 4 is 0 Å². The molecule has 0 heterocycles. The van der Waals surface area contributed by atoms with Gasteiger partial charge in [-0.2, -0.15) is 13.2 Å². The maximum Gasteiger partial charge on any atom is 0.391 e. The minimum absolute atomic E-state index is 0.145. The molecule has 0 saturated heterocycles. The average Bonchev–Trinajstić information content (AvgIpc) is 2.38. The Morgan fingerprint density at radius 1 is 0.952 bits per heavy atom. The van der Waals surface area contributed by atoms with Crippen LogP contribution < -0.4 is 5.73 Å². The topological polar surface area (TPSA) is 46.2 Å². The maximum absolute atomic E-state index is 13.1. The Hall–Kier alpha value is -0.290. The van der Waals surface area contributed by atoms with Gasteiger partial charge in [-0.3, -0.25) is 0 Å². The minimum atomic E-state index is -4.20. The molecule has 2 aliphatic rings. The monoisotopic (exact) mass is 307 g/mol. The van der Waals surface area contributed by atoms with Crippen LogP contribution in [0.15, 0.2) is 0 Å². The highest BCUT2D eigenvalue weighted by Crippen LogP contribution is 2.52. The number of rotatable bonds is 2. The standard InChI is InChI=1S/C16H28F3NO/c17-16(18,19)13-7-6-10-15(21,11-13)14(12-20)8-4-2-1-3-5-9-14/h13,21H,1-12,20H2. The summed E-state index contributed by atoms with van der Waals surface area (Å²) >= 11 is 0. The van der Waals surface area contributed by atoms with Crippen LogP contribution in [0.25, 0.3) is 0 Å². The molecule has 0 aliphatic heterocycles. The molecule has 2 nitrogen and oxygen atoms in total. The normalized spacial score (nSPS) is 35.0. The van der Waals surface area contributed by atoms with Crippen LogP contribution in [0, 0.1) is 11.3 Å². The van der Waals surface area contributed by atoms with Crippen LogP contribution in [0.5, 0.6) is 0 Å². The van der Waals surface area contributed by atoms with Crippen molar-refractivity contribution in [3.05, 3.63) is 0 Å². The lowest BCUT2D eigenvalue weighted by atomic mass is 9.58. The van der Waals surface area contributed by atoms with Gasteiger partial charge in [-0.05, 0) is 38.5 Å². The molecule has 124 valence electrons. The molecule has 0 aromatic rings. The number of aliphatic hydroxyl groups is 1. The molecular formula is C16H28F3NO. The van der Waals surface area contributed by atoms with E-state index in [0.29, 0.717) is 19.4 Å². The Morgan fingerprint density at radius 2 is 1.52 bits per heavy atom. The molecular weight excluding hydrogens is 279 g/mol. The first-order valence-electron chi connectivity index (χ1n) is 8.32. The summed E-state index contributed by atoms with van der Waals surface area (Å²) in [5, 5.41) is 11.1. The molecule has 2 fully saturated rings. The Kier molecular flexibility index (Phi) is 5.24. The van der Waals surface area contributed by atoms with Gasteiger partial charge >= 0.3 is 6.18 Å². The van der Waals surface area contributed by atoms with E-state index in [1.54, 1.807) is 0 Å². The van der Waals surface area contributed by atoms with E-state index >= 15 is 0 Å². The van der Waals surface area contributed by atoms with Gasteiger partial charge in [0.05, 0.1) is 11.5 Å². The third-order valence-corrected chi connectivity index (χ3v) is 5.88. The van der Waals surface area contributed by atoms with E-state index in [-0.39, 0.29) is 12.8 Å². The van der Waals surface area contributed by atoms with Gasteiger partial charge in [-0.1, -0.05) is 32.1 Å². The van der Waals surface area contributed by atoms with Crippen LogP contribution in [0.4, 0.5) is 13.2 Å². The second-order valence-corrected chi connectivity index (χ2v) is 7.12. The van der Waals surface area contributed by atoms with Gasteiger partial charge in [0, 0.05) is 12.0 Å². The predicted molar refractivity (Wildman–Crippen MR) is 76.8 cm³/mol. The zero-order valence-electron chi connectivity index (χ0n) is 12.7. The molecule has 3 N–H and O–H groups in total. The summed E-state index contributed by atoms with van der Waals surface area (Å²) < 4.78 is 39.3. The van der Waals surface area contributed by atoms with Gasteiger partial charge in [-0.15, -0.1) is 0 Å². The van der Waals surface area contributed by atoms with E-state index in [4.69, 9.17) is 5.73 Å². The summed E-state index contributed by atoms with van der Waals surface area (Å²) in [6.45, 7) is 0.300. The van der Waals surface area contributed by atoms with Gasteiger partial charge in [0.1, 0.15) is 0 Å². The maximum atomic E-state index is 13.1. The molecule has 2 saturated carbocycles. The molecule has 2 unspecified atom stereocenters. The lowest BCUT2D eigenvalue weighted by Crippen LogP contribution is -2.56. The van der Waals surface area contributed by atoms with Gasteiger partial charge < -0.3 is 10.8 Å². The summed E-state index contributed by atoms with van der Waals surface area (Å²) in [5.41, 5.74) is 4.23. The smallest absolute Gasteiger partial charge is 0.389 e. The number of halogens is 3. The predicted octanol–water partition coefficient (Wildman–Crippen LogP) is 4.16. The molecule has 0 amide bonds. The molecule has 2 atom stereocenters. The van der Waals surface area contributed by atoms with Crippen LogP contribution in [-0.4, -0.2) is 23.4 Å². The molecule has 0 radical (unpaired) electrons. The molecule has 0 bridgehead atoms. The fraction of sp³-hybridized carbons (Fsp3) is 1.00. The van der Waals surface area contributed by atoms with E-state index < -0.39 is 23.1 Å². The van der Waals surface area contributed by atoms with Gasteiger partial charge in [0.15, 0.2) is 0 Å². The molecule has 2 rings (SSSR count). The van der Waals surface area contributed by atoms with Crippen LogP contribution >= 0.6 is 0 Å². The quantitative estimate of drug-likeness (QED) is 0.804. The summed E-state index contributed by atoms with van der Waals surface area (Å²) in [7, 11) is 0. The summed E-state index contributed by atoms with van der Waals surface area (Å²) in [6, 6.07) is 0. The van der Waals surface area contributed by atoms with Crippen molar-refractivity contribution in [2.45, 2.75) is 82.4 Å². The van der Waals surface area contributed by atoms with Crippen molar-refractivity contribution in [3.63, 3.8) is 0 Å². The second-order valence-electron chi connectivity index (χ2n) is 7.12. The SMILES string of the molecule is NCC1(C2(O)CCCC(C(F)(F)F)C2)CCCCCCC1. The van der Waals surface area contributed by atoms with E-state index in [9.17, 15) is 18.3 Å². The Bertz CT molecular complexity index is 337. The zero-order valence-corrected chi connectivity index (χ0v) is 12.7. The summed E-state index contributed by atoms with van der Waals surface area (Å²) in [6.07, 6.45) is 3.55. The van der Waals surface area contributed by atoms with E-state index in [0.717, 1.165) is 38.5 Å². The Labute approximate surface area is 125 Å². The molecule has 0 aromatic carbocycles. The zero-order chi connectivity index (χ0) is 15.6. The third-order valence-electron chi connectivity index (χ3n) is 5.88. The molecule has 5 heteroatoms. The van der Waals surface area contributed by atoms with Crippen molar-refractivity contribution < 1.29 is 18.3 Å². The summed E-state index contributed by atoms with van der Waals surface area (Å²) in [5.74, 6) is -1.37. The highest BCUT2D eigenvalue weighted by molar-refractivity contribution is 5.03. The summed E-state index contributed by atoms with van der Waals surface area (Å²) in [4.78, 5) is 0. The molecule has 0 spiro atoms. The first-order chi connectivity index (χ1) is 9.83. The fourth-order valence-corrected chi connectivity index (χ4v) is 4.46. The van der Waals surface area contributed by atoms with Crippen molar-refractivity contribution in [2.24, 2.45) is 17.1 Å². The lowest BCUT2D eigenvalue weighted by Gasteiger charge is -2.52. The second kappa shape index (κ2) is 6.45. The van der Waals surface area contributed by atoms with E-state index in [2.05, 4.69) is 0 Å². The molecule has 2 aliphatic carbocycles. The van der Waals surface area contributed by atoms with Gasteiger partial charge in [-0.25, -0.2) is 0 Å². The van der Waals surface area contributed by atoms with E-state index in [1.165, 1.54) is 6.42 Å².